The molecule has 1 aliphatic heterocycles. The van der Waals surface area contributed by atoms with Gasteiger partial charge >= 0.3 is 5.97 Å². The van der Waals surface area contributed by atoms with Crippen molar-refractivity contribution in [1.82, 2.24) is 9.88 Å². The fourth-order valence-electron chi connectivity index (χ4n) is 3.11. The number of rotatable bonds is 10. The number of thiazole rings is 1. The van der Waals surface area contributed by atoms with Crippen LogP contribution in [0.2, 0.25) is 0 Å². The lowest BCUT2D eigenvalue weighted by atomic mass is 10.1. The standard InChI is InChI=1S/C21H23N3O4S2/c25-18(22-10-5-1-2-8-19(26)27)9-11-24-20(28)17(30-21(24)29)12-14-13-23-16-7-4-3-6-15(14)16/h3-4,6-7,12-13,28H,1-2,5,8-11H2,(H,22,25)(H,26,27)/b14-12+. The molecular formula is C21H23N3O4S2. The lowest BCUT2D eigenvalue weighted by molar-refractivity contribution is -0.137. The van der Waals surface area contributed by atoms with Crippen LogP contribution in [0, 0.1) is 3.95 Å². The van der Waals surface area contributed by atoms with Crippen LogP contribution in [0.25, 0.3) is 11.6 Å². The van der Waals surface area contributed by atoms with Crippen molar-refractivity contribution in [2.45, 2.75) is 38.6 Å². The first-order valence-electron chi connectivity index (χ1n) is 9.72. The maximum atomic E-state index is 12.0. The third-order valence-electron chi connectivity index (χ3n) is 4.69. The van der Waals surface area contributed by atoms with E-state index in [9.17, 15) is 14.7 Å². The van der Waals surface area contributed by atoms with E-state index in [-0.39, 0.29) is 24.6 Å². The maximum absolute atomic E-state index is 12.0. The number of para-hydroxylation sites is 1. The first-order valence-corrected chi connectivity index (χ1v) is 10.9. The number of carboxylic acids is 1. The summed E-state index contributed by atoms with van der Waals surface area (Å²) in [7, 11) is 0. The van der Waals surface area contributed by atoms with Crippen LogP contribution in [0.4, 0.5) is 5.69 Å². The van der Waals surface area contributed by atoms with Crippen molar-refractivity contribution in [2.24, 2.45) is 4.99 Å². The Morgan fingerprint density at radius 2 is 2.00 bits per heavy atom. The summed E-state index contributed by atoms with van der Waals surface area (Å²) >= 11 is 6.66. The number of fused-ring (bicyclic) bond motifs is 1. The largest absolute Gasteiger partial charge is 0.493 e. The van der Waals surface area contributed by atoms with Crippen LogP contribution in [-0.2, 0) is 16.1 Å². The Hall–Kier alpha value is -2.78. The van der Waals surface area contributed by atoms with Crippen molar-refractivity contribution in [3.63, 3.8) is 0 Å². The quantitative estimate of drug-likeness (QED) is 0.372. The van der Waals surface area contributed by atoms with Crippen LogP contribution in [0.1, 0.15) is 42.5 Å². The molecule has 0 unspecified atom stereocenters. The predicted octanol–water partition coefficient (Wildman–Crippen LogP) is 4.39. The SMILES string of the molecule is O=C(O)CCCCCNC(=O)CCn1c(O)c(/C=C2\C=Nc3ccccc32)sc1=S. The van der Waals surface area contributed by atoms with Crippen LogP contribution < -0.4 is 5.32 Å². The van der Waals surface area contributed by atoms with Crippen molar-refractivity contribution in [2.75, 3.05) is 6.54 Å². The van der Waals surface area contributed by atoms with Gasteiger partial charge in [0.2, 0.25) is 11.8 Å². The molecule has 0 saturated carbocycles. The van der Waals surface area contributed by atoms with E-state index in [1.807, 2.05) is 30.3 Å². The Labute approximate surface area is 183 Å². The number of carboxylic acid groups (broad SMARTS) is 1. The molecule has 30 heavy (non-hydrogen) atoms. The summed E-state index contributed by atoms with van der Waals surface area (Å²) in [5.74, 6) is -0.875. The lowest BCUT2D eigenvalue weighted by Gasteiger charge is -2.07. The Kier molecular flexibility index (Phi) is 7.53. The van der Waals surface area contributed by atoms with Gasteiger partial charge in [-0.1, -0.05) is 24.6 Å². The molecule has 1 aromatic carbocycles. The van der Waals surface area contributed by atoms with Crippen molar-refractivity contribution in [3.8, 4) is 5.88 Å². The van der Waals surface area contributed by atoms with E-state index in [0.29, 0.717) is 28.3 Å². The fraction of sp³-hybridized carbons (Fsp3) is 0.333. The second-order valence-corrected chi connectivity index (χ2v) is 8.56. The molecule has 0 atom stereocenters. The molecular weight excluding hydrogens is 422 g/mol. The zero-order valence-corrected chi connectivity index (χ0v) is 18.0. The smallest absolute Gasteiger partial charge is 0.303 e. The number of aromatic hydroxyl groups is 1. The summed E-state index contributed by atoms with van der Waals surface area (Å²) in [5, 5.41) is 22.0. The fourth-order valence-corrected chi connectivity index (χ4v) is 4.42. The molecule has 0 saturated heterocycles. The second kappa shape index (κ2) is 10.3. The van der Waals surface area contributed by atoms with Gasteiger partial charge < -0.3 is 15.5 Å². The number of nitrogens with one attached hydrogen (secondary N) is 1. The van der Waals surface area contributed by atoms with Crippen LogP contribution in [-0.4, -0.2) is 39.4 Å². The highest BCUT2D eigenvalue weighted by atomic mass is 32.1. The van der Waals surface area contributed by atoms with E-state index in [0.717, 1.165) is 29.7 Å². The molecule has 1 aromatic heterocycles. The summed E-state index contributed by atoms with van der Waals surface area (Å²) < 4.78 is 2.07. The molecule has 1 aliphatic rings. The molecule has 7 nitrogen and oxygen atoms in total. The number of amides is 1. The zero-order valence-electron chi connectivity index (χ0n) is 16.3. The number of nitrogens with zero attached hydrogens (tertiary/aromatic N) is 2. The second-order valence-electron chi connectivity index (χ2n) is 6.89. The van der Waals surface area contributed by atoms with Crippen molar-refractivity contribution < 1.29 is 19.8 Å². The summed E-state index contributed by atoms with van der Waals surface area (Å²) in [6.07, 6.45) is 6.08. The lowest BCUT2D eigenvalue weighted by Crippen LogP contribution is -2.25. The Balaban J connectivity index is 1.54. The molecule has 0 radical (unpaired) electrons. The van der Waals surface area contributed by atoms with E-state index in [1.165, 1.54) is 11.3 Å². The molecule has 2 aromatic rings. The highest BCUT2D eigenvalue weighted by Crippen LogP contribution is 2.35. The van der Waals surface area contributed by atoms with E-state index in [1.54, 1.807) is 10.8 Å². The number of aromatic nitrogens is 1. The van der Waals surface area contributed by atoms with Gasteiger partial charge in [-0.2, -0.15) is 0 Å². The number of unbranched alkanes of at least 4 members (excludes halogenated alkanes) is 2. The van der Waals surface area contributed by atoms with Crippen LogP contribution in [0.5, 0.6) is 5.88 Å². The molecule has 0 bridgehead atoms. The summed E-state index contributed by atoms with van der Waals surface area (Å²) in [6.45, 7) is 0.801. The normalized spacial score (nSPS) is 13.5. The van der Waals surface area contributed by atoms with Gasteiger partial charge in [-0.15, -0.1) is 11.3 Å². The van der Waals surface area contributed by atoms with Gasteiger partial charge in [-0.25, -0.2) is 0 Å². The van der Waals surface area contributed by atoms with Crippen molar-refractivity contribution >= 4 is 59.0 Å². The third kappa shape index (κ3) is 5.64. The highest BCUT2D eigenvalue weighted by molar-refractivity contribution is 7.73. The van der Waals surface area contributed by atoms with Gasteiger partial charge in [-0.05, 0) is 37.2 Å². The highest BCUT2D eigenvalue weighted by Gasteiger charge is 2.15. The monoisotopic (exact) mass is 445 g/mol. The van der Waals surface area contributed by atoms with Crippen LogP contribution in [0.3, 0.4) is 0 Å². The molecule has 3 N–H and O–H groups in total. The van der Waals surface area contributed by atoms with Crippen LogP contribution in [0.15, 0.2) is 29.3 Å². The van der Waals surface area contributed by atoms with E-state index in [4.69, 9.17) is 17.3 Å². The Morgan fingerprint density at radius 1 is 1.20 bits per heavy atom. The topological polar surface area (TPSA) is 104 Å². The summed E-state index contributed by atoms with van der Waals surface area (Å²) in [6, 6.07) is 7.79. The number of aliphatic carboxylic acids is 1. The average molecular weight is 446 g/mol. The molecule has 158 valence electrons. The van der Waals surface area contributed by atoms with Gasteiger partial charge in [0.1, 0.15) is 0 Å². The molecule has 1 amide bonds. The minimum absolute atomic E-state index is 0.0525. The minimum atomic E-state index is -0.800. The molecule has 2 heterocycles. The number of aliphatic imine (C=N–C) groups is 1. The number of carbonyl (C=O) groups excluding carboxylic acids is 1. The summed E-state index contributed by atoms with van der Waals surface area (Å²) in [5.41, 5.74) is 2.81. The molecule has 0 fully saturated rings. The molecule has 3 rings (SSSR count). The third-order valence-corrected chi connectivity index (χ3v) is 6.08. The summed E-state index contributed by atoms with van der Waals surface area (Å²) in [4.78, 5) is 27.5. The van der Waals surface area contributed by atoms with E-state index >= 15 is 0 Å². The number of benzene rings is 1. The van der Waals surface area contributed by atoms with Crippen molar-refractivity contribution in [1.29, 1.82) is 0 Å². The van der Waals surface area contributed by atoms with E-state index < -0.39 is 5.97 Å². The number of allylic oxidation sites excluding steroid dienone is 1. The molecule has 0 spiro atoms. The van der Waals surface area contributed by atoms with Gasteiger partial charge in [-0.3, -0.25) is 19.1 Å². The average Bonchev–Trinajstić information content (AvgIpc) is 3.24. The van der Waals surface area contributed by atoms with Crippen LogP contribution >= 0.6 is 23.6 Å². The number of hydrogen-bond acceptors (Lipinski definition) is 6. The number of carbonyl (C=O) groups is 2. The predicted molar refractivity (Wildman–Crippen MR) is 121 cm³/mol. The molecule has 0 aliphatic carbocycles. The maximum Gasteiger partial charge on any atom is 0.303 e. The van der Waals surface area contributed by atoms with E-state index in [2.05, 4.69) is 10.3 Å². The Bertz CT molecular complexity index is 1050. The molecule has 9 heteroatoms. The van der Waals surface area contributed by atoms with Gasteiger partial charge in [0, 0.05) is 43.3 Å². The van der Waals surface area contributed by atoms with Gasteiger partial charge in [0.25, 0.3) is 0 Å². The first kappa shape index (κ1) is 21.9. The van der Waals surface area contributed by atoms with Crippen molar-refractivity contribution in [3.05, 3.63) is 38.7 Å². The van der Waals surface area contributed by atoms with Gasteiger partial charge in [0.05, 0.1) is 10.6 Å². The Morgan fingerprint density at radius 3 is 2.80 bits per heavy atom. The first-order chi connectivity index (χ1) is 14.5. The van der Waals surface area contributed by atoms with Gasteiger partial charge in [0.15, 0.2) is 3.95 Å². The minimum Gasteiger partial charge on any atom is -0.493 e. The zero-order chi connectivity index (χ0) is 21.5. The number of hydrogen-bond donors (Lipinski definition) is 3.